The van der Waals surface area contributed by atoms with Crippen molar-refractivity contribution in [3.63, 3.8) is 0 Å². The number of benzene rings is 3. The van der Waals surface area contributed by atoms with Gasteiger partial charge in [0.2, 0.25) is 0 Å². The predicted molar refractivity (Wildman–Crippen MR) is 100 cm³/mol. The molecule has 26 heavy (non-hydrogen) atoms. The zero-order chi connectivity index (χ0) is 18.7. The van der Waals surface area contributed by atoms with Gasteiger partial charge in [-0.05, 0) is 59.7 Å². The van der Waals surface area contributed by atoms with Gasteiger partial charge in [-0.3, -0.25) is 0 Å². The second kappa shape index (κ2) is 7.45. The van der Waals surface area contributed by atoms with Gasteiger partial charge in [0.15, 0.2) is 0 Å². The van der Waals surface area contributed by atoms with Crippen molar-refractivity contribution in [3.8, 4) is 16.9 Å². The van der Waals surface area contributed by atoms with E-state index in [-0.39, 0.29) is 11.4 Å². The highest BCUT2D eigenvalue weighted by atomic mass is 35.5. The van der Waals surface area contributed by atoms with Gasteiger partial charge in [0.25, 0.3) is 0 Å². The number of carboxylic acids is 1. The summed E-state index contributed by atoms with van der Waals surface area (Å²) in [4.78, 5) is 11.5. The SMILES string of the molecule is COc1ccc(-c2ccc(C(=O)O)c(Nc3ccc(F)cc3)c2)cc1Cl. The molecule has 0 aliphatic heterocycles. The van der Waals surface area contributed by atoms with Crippen LogP contribution in [0.5, 0.6) is 5.75 Å². The summed E-state index contributed by atoms with van der Waals surface area (Å²) in [6, 6.07) is 15.9. The zero-order valence-corrected chi connectivity index (χ0v) is 14.5. The van der Waals surface area contributed by atoms with Gasteiger partial charge in [-0.1, -0.05) is 23.7 Å². The molecule has 0 spiro atoms. The van der Waals surface area contributed by atoms with Gasteiger partial charge < -0.3 is 15.2 Å². The molecule has 3 rings (SSSR count). The molecule has 0 radical (unpaired) electrons. The Hall–Kier alpha value is -3.05. The number of hydrogen-bond acceptors (Lipinski definition) is 3. The van der Waals surface area contributed by atoms with Gasteiger partial charge >= 0.3 is 5.97 Å². The number of methoxy groups -OCH3 is 1. The molecule has 6 heteroatoms. The van der Waals surface area contributed by atoms with Crippen molar-refractivity contribution >= 4 is 28.9 Å². The van der Waals surface area contributed by atoms with Gasteiger partial charge in [0.1, 0.15) is 11.6 Å². The van der Waals surface area contributed by atoms with Crippen LogP contribution in [0.4, 0.5) is 15.8 Å². The lowest BCUT2D eigenvalue weighted by Gasteiger charge is -2.13. The number of carboxylic acid groups (broad SMARTS) is 1. The van der Waals surface area contributed by atoms with Crippen LogP contribution < -0.4 is 10.1 Å². The van der Waals surface area contributed by atoms with E-state index in [0.717, 1.165) is 11.1 Å². The highest BCUT2D eigenvalue weighted by Crippen LogP contribution is 2.33. The lowest BCUT2D eigenvalue weighted by atomic mass is 10.0. The highest BCUT2D eigenvalue weighted by molar-refractivity contribution is 6.32. The first-order chi connectivity index (χ1) is 12.5. The number of carbonyl (C=O) groups is 1. The molecule has 2 N–H and O–H groups in total. The van der Waals surface area contributed by atoms with Gasteiger partial charge in [-0.25, -0.2) is 9.18 Å². The number of nitrogens with one attached hydrogen (secondary N) is 1. The van der Waals surface area contributed by atoms with Gasteiger partial charge in [-0.2, -0.15) is 0 Å². The minimum Gasteiger partial charge on any atom is -0.495 e. The van der Waals surface area contributed by atoms with Crippen LogP contribution in [0.15, 0.2) is 60.7 Å². The van der Waals surface area contributed by atoms with E-state index >= 15 is 0 Å². The van der Waals surface area contributed by atoms with E-state index in [2.05, 4.69) is 5.32 Å². The smallest absolute Gasteiger partial charge is 0.337 e. The fraction of sp³-hybridized carbons (Fsp3) is 0.0500. The van der Waals surface area contributed by atoms with E-state index in [1.165, 1.54) is 37.4 Å². The van der Waals surface area contributed by atoms with Crippen molar-refractivity contribution in [2.75, 3.05) is 12.4 Å². The molecular weight excluding hydrogens is 357 g/mol. The maximum absolute atomic E-state index is 13.1. The molecule has 0 aromatic heterocycles. The summed E-state index contributed by atoms with van der Waals surface area (Å²) >= 11 is 6.18. The van der Waals surface area contributed by atoms with Crippen LogP contribution in [0.25, 0.3) is 11.1 Å². The number of rotatable bonds is 5. The molecule has 3 aromatic carbocycles. The lowest BCUT2D eigenvalue weighted by molar-refractivity contribution is 0.0698. The lowest BCUT2D eigenvalue weighted by Crippen LogP contribution is -2.03. The van der Waals surface area contributed by atoms with Crippen LogP contribution in [0.3, 0.4) is 0 Å². The van der Waals surface area contributed by atoms with Crippen LogP contribution in [0, 0.1) is 5.82 Å². The molecule has 0 saturated heterocycles. The molecule has 132 valence electrons. The Morgan fingerprint density at radius 2 is 1.69 bits per heavy atom. The van der Waals surface area contributed by atoms with Crippen molar-refractivity contribution in [1.82, 2.24) is 0 Å². The van der Waals surface area contributed by atoms with Crippen molar-refractivity contribution in [2.24, 2.45) is 0 Å². The van der Waals surface area contributed by atoms with Crippen molar-refractivity contribution in [3.05, 3.63) is 77.1 Å². The average molecular weight is 372 g/mol. The molecule has 0 saturated carbocycles. The summed E-state index contributed by atoms with van der Waals surface area (Å²) in [6.07, 6.45) is 0. The maximum Gasteiger partial charge on any atom is 0.337 e. The molecule has 0 atom stereocenters. The highest BCUT2D eigenvalue weighted by Gasteiger charge is 2.13. The average Bonchev–Trinajstić information content (AvgIpc) is 2.63. The number of anilines is 2. The Bertz CT molecular complexity index is 958. The van der Waals surface area contributed by atoms with Crippen molar-refractivity contribution < 1.29 is 19.0 Å². The number of ether oxygens (including phenoxy) is 1. The molecule has 0 fully saturated rings. The Kier molecular flexibility index (Phi) is 5.09. The topological polar surface area (TPSA) is 58.6 Å². The number of aromatic carboxylic acids is 1. The molecule has 0 amide bonds. The third-order valence-corrected chi connectivity index (χ3v) is 4.15. The van der Waals surface area contributed by atoms with Crippen molar-refractivity contribution in [1.29, 1.82) is 0 Å². The van der Waals surface area contributed by atoms with Gasteiger partial charge in [-0.15, -0.1) is 0 Å². The van der Waals surface area contributed by atoms with E-state index < -0.39 is 5.97 Å². The first-order valence-corrected chi connectivity index (χ1v) is 8.09. The monoisotopic (exact) mass is 371 g/mol. The van der Waals surface area contributed by atoms with Crippen LogP contribution in [-0.2, 0) is 0 Å². The van der Waals surface area contributed by atoms with Crippen LogP contribution >= 0.6 is 11.6 Å². The summed E-state index contributed by atoms with van der Waals surface area (Å²) in [6.45, 7) is 0. The molecule has 0 aliphatic carbocycles. The third-order valence-electron chi connectivity index (χ3n) is 3.86. The minimum atomic E-state index is -1.06. The van der Waals surface area contributed by atoms with E-state index in [1.54, 1.807) is 24.3 Å². The predicted octanol–water partition coefficient (Wildman–Crippen LogP) is 5.60. The molecule has 0 unspecified atom stereocenters. The summed E-state index contributed by atoms with van der Waals surface area (Å²) in [5.41, 5.74) is 2.68. The Morgan fingerprint density at radius 3 is 2.31 bits per heavy atom. The summed E-state index contributed by atoms with van der Waals surface area (Å²) < 4.78 is 18.2. The van der Waals surface area contributed by atoms with Crippen LogP contribution in [0.1, 0.15) is 10.4 Å². The Morgan fingerprint density at radius 1 is 1.04 bits per heavy atom. The fourth-order valence-corrected chi connectivity index (χ4v) is 2.81. The summed E-state index contributed by atoms with van der Waals surface area (Å²) in [7, 11) is 1.53. The maximum atomic E-state index is 13.1. The molecule has 3 aromatic rings. The largest absolute Gasteiger partial charge is 0.495 e. The van der Waals surface area contributed by atoms with E-state index in [1.807, 2.05) is 6.07 Å². The number of halogens is 2. The molecule has 0 aliphatic rings. The zero-order valence-electron chi connectivity index (χ0n) is 13.8. The van der Waals surface area contributed by atoms with E-state index in [4.69, 9.17) is 16.3 Å². The van der Waals surface area contributed by atoms with Gasteiger partial charge in [0.05, 0.1) is 23.4 Å². The summed E-state index contributed by atoms with van der Waals surface area (Å²) in [5.74, 6) is -0.869. The molecular formula is C20H15ClFNO3. The first kappa shape index (κ1) is 17.8. The third kappa shape index (κ3) is 3.78. The minimum absolute atomic E-state index is 0.109. The van der Waals surface area contributed by atoms with Crippen molar-refractivity contribution in [2.45, 2.75) is 0 Å². The summed E-state index contributed by atoms with van der Waals surface area (Å²) in [5, 5.41) is 12.9. The van der Waals surface area contributed by atoms with E-state index in [9.17, 15) is 14.3 Å². The van der Waals surface area contributed by atoms with Crippen LogP contribution in [0.2, 0.25) is 5.02 Å². The van der Waals surface area contributed by atoms with Gasteiger partial charge in [0, 0.05) is 5.69 Å². The quantitative estimate of drug-likeness (QED) is 0.613. The normalized spacial score (nSPS) is 10.4. The fourth-order valence-electron chi connectivity index (χ4n) is 2.55. The second-order valence-corrected chi connectivity index (χ2v) is 5.95. The Labute approximate surface area is 154 Å². The number of hydrogen-bond donors (Lipinski definition) is 2. The molecule has 0 heterocycles. The van der Waals surface area contributed by atoms with E-state index in [0.29, 0.717) is 22.1 Å². The molecule has 0 bridgehead atoms. The Balaban J connectivity index is 2.02. The standard InChI is InChI=1S/C20H15ClFNO3/c1-26-19-9-3-12(10-17(19)21)13-2-8-16(20(24)25)18(11-13)23-15-6-4-14(22)5-7-15/h2-11,23H,1H3,(H,24,25). The molecule has 4 nitrogen and oxygen atoms in total. The van der Waals surface area contributed by atoms with Crippen LogP contribution in [-0.4, -0.2) is 18.2 Å². The first-order valence-electron chi connectivity index (χ1n) is 7.72. The second-order valence-electron chi connectivity index (χ2n) is 5.55.